The van der Waals surface area contributed by atoms with E-state index >= 15 is 0 Å². The summed E-state index contributed by atoms with van der Waals surface area (Å²) in [7, 11) is 1.82. The summed E-state index contributed by atoms with van der Waals surface area (Å²) in [4.78, 5) is 16.8. The smallest absolute Gasteiger partial charge is 0.280 e. The number of hydrogen-bond donors (Lipinski definition) is 1. The maximum Gasteiger partial charge on any atom is 0.280 e. The van der Waals surface area contributed by atoms with E-state index in [2.05, 4.69) is 20.4 Å². The van der Waals surface area contributed by atoms with Crippen LogP contribution in [0.25, 0.3) is 11.6 Å². The molecule has 2 aromatic heterocycles. The Hall–Kier alpha value is -2.06. The molecule has 1 aliphatic heterocycles. The van der Waals surface area contributed by atoms with E-state index in [9.17, 15) is 0 Å². The Balaban J connectivity index is 1.40. The fourth-order valence-corrected chi connectivity index (χ4v) is 5.35. The van der Waals surface area contributed by atoms with Crippen molar-refractivity contribution in [3.63, 3.8) is 0 Å². The lowest BCUT2D eigenvalue weighted by Gasteiger charge is -2.41. The van der Waals surface area contributed by atoms with Gasteiger partial charge in [0, 0.05) is 32.3 Å². The van der Waals surface area contributed by atoms with Crippen molar-refractivity contribution in [1.29, 1.82) is 0 Å². The summed E-state index contributed by atoms with van der Waals surface area (Å²) in [5, 5.41) is 7.89. The molecule has 2 fully saturated rings. The highest BCUT2D eigenvalue weighted by atomic mass is 16.5. The van der Waals surface area contributed by atoms with Crippen LogP contribution in [-0.2, 0) is 17.6 Å². The average molecular weight is 427 g/mol. The molecule has 0 spiro atoms. The first-order valence-electron chi connectivity index (χ1n) is 12.0. The summed E-state index contributed by atoms with van der Waals surface area (Å²) < 4.78 is 11.5. The number of nitrogens with zero attached hydrogens (tertiary/aromatic N) is 5. The number of nitrogens with one attached hydrogen (secondary N) is 1. The average Bonchev–Trinajstić information content (AvgIpc) is 3.25. The van der Waals surface area contributed by atoms with Crippen LogP contribution in [0.5, 0.6) is 0 Å². The minimum atomic E-state index is 0.116. The van der Waals surface area contributed by atoms with Gasteiger partial charge in [-0.25, -0.2) is 9.97 Å². The molecule has 1 saturated carbocycles. The lowest BCUT2D eigenvalue weighted by atomic mass is 9.92. The second kappa shape index (κ2) is 9.20. The van der Waals surface area contributed by atoms with E-state index in [4.69, 9.17) is 19.2 Å². The largest absolute Gasteiger partial charge is 0.378 e. The van der Waals surface area contributed by atoms with Crippen LogP contribution >= 0.6 is 0 Å². The Kier molecular flexibility index (Phi) is 6.18. The van der Waals surface area contributed by atoms with Crippen LogP contribution < -0.4 is 10.2 Å². The Morgan fingerprint density at radius 3 is 2.45 bits per heavy atom. The zero-order valence-corrected chi connectivity index (χ0v) is 18.8. The minimum absolute atomic E-state index is 0.116. The summed E-state index contributed by atoms with van der Waals surface area (Å²) >= 11 is 0. The molecule has 1 N–H and O–H groups in total. The van der Waals surface area contributed by atoms with Crippen molar-refractivity contribution in [1.82, 2.24) is 25.4 Å². The summed E-state index contributed by atoms with van der Waals surface area (Å²) in [6.45, 7) is 3.54. The number of methoxy groups -OCH3 is 1. The fraction of sp³-hybridized carbons (Fsp3) is 0.739. The van der Waals surface area contributed by atoms with Gasteiger partial charge in [0.05, 0.1) is 17.5 Å². The molecule has 2 unspecified atom stereocenters. The predicted octanol–water partition coefficient (Wildman–Crippen LogP) is 3.23. The van der Waals surface area contributed by atoms with Crippen LogP contribution in [0.3, 0.4) is 0 Å². The van der Waals surface area contributed by atoms with Gasteiger partial charge in [0.15, 0.2) is 17.3 Å². The molecule has 168 valence electrons. The molecule has 3 aliphatic rings. The van der Waals surface area contributed by atoms with Crippen LogP contribution in [0, 0.1) is 6.92 Å². The van der Waals surface area contributed by atoms with Crippen molar-refractivity contribution < 1.29 is 9.26 Å². The van der Waals surface area contributed by atoms with Gasteiger partial charge in [0.2, 0.25) is 0 Å². The van der Waals surface area contributed by atoms with Crippen LogP contribution in [0.2, 0.25) is 0 Å². The number of aromatic nitrogens is 4. The van der Waals surface area contributed by atoms with Crippen molar-refractivity contribution in [3.05, 3.63) is 17.2 Å². The number of piperidine rings is 1. The molecular weight excluding hydrogens is 392 g/mol. The molecule has 1 saturated heterocycles. The maximum atomic E-state index is 5.96. The first-order chi connectivity index (χ1) is 15.2. The second-order valence-electron chi connectivity index (χ2n) is 9.26. The topological polar surface area (TPSA) is 89.2 Å². The van der Waals surface area contributed by atoms with Gasteiger partial charge >= 0.3 is 0 Å². The van der Waals surface area contributed by atoms with E-state index in [1.807, 2.05) is 14.0 Å². The zero-order valence-electron chi connectivity index (χ0n) is 18.8. The molecular formula is C23H34N6O2. The van der Waals surface area contributed by atoms with Crippen LogP contribution in [0.4, 0.5) is 5.82 Å². The summed E-state index contributed by atoms with van der Waals surface area (Å²) in [5.41, 5.74) is 2.92. The van der Waals surface area contributed by atoms with Gasteiger partial charge in [-0.3, -0.25) is 0 Å². The number of ether oxygens (including phenoxy) is 1. The molecule has 2 atom stereocenters. The van der Waals surface area contributed by atoms with E-state index in [0.717, 1.165) is 61.7 Å². The van der Waals surface area contributed by atoms with Crippen molar-refractivity contribution in [3.8, 4) is 11.6 Å². The second-order valence-corrected chi connectivity index (χ2v) is 9.26. The highest BCUT2D eigenvalue weighted by Crippen LogP contribution is 2.32. The summed E-state index contributed by atoms with van der Waals surface area (Å²) in [5.74, 6) is 1.94. The molecule has 5 rings (SSSR count). The van der Waals surface area contributed by atoms with Crippen molar-refractivity contribution in [2.45, 2.75) is 89.3 Å². The lowest BCUT2D eigenvalue weighted by Crippen LogP contribution is -2.56. The third kappa shape index (κ3) is 4.46. The monoisotopic (exact) mass is 426 g/mol. The van der Waals surface area contributed by atoms with Gasteiger partial charge in [-0.15, -0.1) is 0 Å². The van der Waals surface area contributed by atoms with Crippen molar-refractivity contribution in [2.75, 3.05) is 25.1 Å². The molecule has 3 heterocycles. The summed E-state index contributed by atoms with van der Waals surface area (Å²) in [6, 6.07) is 1.01. The number of rotatable bonds is 5. The first-order valence-corrected chi connectivity index (χ1v) is 12.0. The Bertz CT molecular complexity index is 894. The third-order valence-electron chi connectivity index (χ3n) is 7.06. The van der Waals surface area contributed by atoms with Gasteiger partial charge in [0.1, 0.15) is 0 Å². The molecule has 0 radical (unpaired) electrons. The quantitative estimate of drug-likeness (QED) is 0.779. The standard InChI is InChI=1S/C23H34N6O2/c1-15-24-23(31-28-15)21-22(27-18-11-7-6-10-17(18)26-21)29-13-12-19(20(14-29)30-2)25-16-8-4-3-5-9-16/h16,19-20,25H,3-14H2,1-2H3. The Morgan fingerprint density at radius 1 is 0.968 bits per heavy atom. The minimum Gasteiger partial charge on any atom is -0.378 e. The zero-order chi connectivity index (χ0) is 21.2. The van der Waals surface area contributed by atoms with Gasteiger partial charge in [-0.2, -0.15) is 4.98 Å². The van der Waals surface area contributed by atoms with Crippen LogP contribution in [-0.4, -0.2) is 58.5 Å². The SMILES string of the molecule is COC1CN(c2nc3c(nc2-c2nc(C)no2)CCCC3)CCC1NC1CCCCC1. The van der Waals surface area contributed by atoms with Crippen molar-refractivity contribution in [2.24, 2.45) is 0 Å². The van der Waals surface area contributed by atoms with Crippen molar-refractivity contribution >= 4 is 5.82 Å². The highest BCUT2D eigenvalue weighted by Gasteiger charge is 2.34. The molecule has 0 bridgehead atoms. The number of hydrogen-bond acceptors (Lipinski definition) is 8. The predicted molar refractivity (Wildman–Crippen MR) is 118 cm³/mol. The number of aryl methyl sites for hydroxylation is 3. The Labute approximate surface area is 184 Å². The number of fused-ring (bicyclic) bond motifs is 1. The van der Waals surface area contributed by atoms with E-state index in [1.54, 1.807) is 0 Å². The molecule has 31 heavy (non-hydrogen) atoms. The summed E-state index contributed by atoms with van der Waals surface area (Å²) in [6.07, 6.45) is 12.1. The molecule has 8 nitrogen and oxygen atoms in total. The molecule has 2 aliphatic carbocycles. The molecule has 2 aromatic rings. The molecule has 0 amide bonds. The van der Waals surface area contributed by atoms with Crippen LogP contribution in [0.1, 0.15) is 68.6 Å². The van der Waals surface area contributed by atoms with E-state index in [-0.39, 0.29) is 6.10 Å². The van der Waals surface area contributed by atoms with Crippen LogP contribution in [0.15, 0.2) is 4.52 Å². The first kappa shape index (κ1) is 20.8. The van der Waals surface area contributed by atoms with Gasteiger partial charge < -0.3 is 19.5 Å². The van der Waals surface area contributed by atoms with E-state index in [0.29, 0.717) is 23.8 Å². The van der Waals surface area contributed by atoms with Gasteiger partial charge in [0.25, 0.3) is 5.89 Å². The highest BCUT2D eigenvalue weighted by molar-refractivity contribution is 5.66. The normalized spacial score (nSPS) is 24.9. The van der Waals surface area contributed by atoms with E-state index in [1.165, 1.54) is 38.5 Å². The number of anilines is 1. The fourth-order valence-electron chi connectivity index (χ4n) is 5.35. The molecule has 0 aromatic carbocycles. The van der Waals surface area contributed by atoms with E-state index < -0.39 is 0 Å². The third-order valence-corrected chi connectivity index (χ3v) is 7.06. The van der Waals surface area contributed by atoms with Gasteiger partial charge in [-0.05, 0) is 51.9 Å². The van der Waals surface area contributed by atoms with Gasteiger partial charge in [-0.1, -0.05) is 24.4 Å². The molecule has 8 heteroatoms. The lowest BCUT2D eigenvalue weighted by molar-refractivity contribution is 0.0534. The maximum absolute atomic E-state index is 5.96. The Morgan fingerprint density at radius 2 is 1.74 bits per heavy atom.